The van der Waals surface area contributed by atoms with E-state index in [2.05, 4.69) is 42.3 Å². The highest BCUT2D eigenvalue weighted by molar-refractivity contribution is 5.90. The first-order chi connectivity index (χ1) is 15.0. The zero-order valence-corrected chi connectivity index (χ0v) is 18.3. The van der Waals surface area contributed by atoms with Gasteiger partial charge in [-0.2, -0.15) is 5.26 Å². The Kier molecular flexibility index (Phi) is 5.77. The molecule has 6 nitrogen and oxygen atoms in total. The molecule has 1 aromatic heterocycles. The fourth-order valence-electron chi connectivity index (χ4n) is 3.99. The number of aryl methyl sites for hydroxylation is 3. The van der Waals surface area contributed by atoms with Gasteiger partial charge in [0.1, 0.15) is 11.9 Å². The minimum Gasteiger partial charge on any atom is -0.354 e. The van der Waals surface area contributed by atoms with Gasteiger partial charge in [0, 0.05) is 37.3 Å². The van der Waals surface area contributed by atoms with Crippen molar-refractivity contribution in [1.29, 1.82) is 5.26 Å². The molecular weight excluding hydrogens is 386 g/mol. The average Bonchev–Trinajstić information content (AvgIpc) is 3.02. The first kappa shape index (κ1) is 20.7. The Hall–Kier alpha value is -3.59. The Morgan fingerprint density at radius 2 is 1.77 bits per heavy atom. The summed E-state index contributed by atoms with van der Waals surface area (Å²) >= 11 is 0. The number of hydrogen-bond acceptors (Lipinski definition) is 4. The third kappa shape index (κ3) is 4.31. The maximum Gasteiger partial charge on any atom is 0.321 e. The molecule has 0 spiro atoms. The lowest BCUT2D eigenvalue weighted by molar-refractivity contribution is 0.215. The highest BCUT2D eigenvalue weighted by Crippen LogP contribution is 2.26. The number of pyridine rings is 1. The van der Waals surface area contributed by atoms with Crippen LogP contribution < -0.4 is 10.2 Å². The van der Waals surface area contributed by atoms with E-state index in [1.165, 1.54) is 11.1 Å². The van der Waals surface area contributed by atoms with Crippen LogP contribution in [0.15, 0.2) is 42.5 Å². The third-order valence-corrected chi connectivity index (χ3v) is 6.00. The number of nitrogens with zero attached hydrogens (tertiary/aromatic N) is 4. The van der Waals surface area contributed by atoms with E-state index in [0.29, 0.717) is 31.0 Å². The lowest BCUT2D eigenvalue weighted by atomic mass is 10.0. The number of urea groups is 1. The highest BCUT2D eigenvalue weighted by atomic mass is 16.2. The van der Waals surface area contributed by atoms with Gasteiger partial charge >= 0.3 is 6.03 Å². The summed E-state index contributed by atoms with van der Waals surface area (Å²) in [6.07, 6.45) is 0.818. The number of carbonyl (C=O) groups is 1. The number of amides is 2. The number of rotatable bonds is 2. The van der Waals surface area contributed by atoms with Gasteiger partial charge in [-0.15, -0.1) is 0 Å². The van der Waals surface area contributed by atoms with Crippen molar-refractivity contribution in [3.05, 3.63) is 64.7 Å². The first-order valence-electron chi connectivity index (χ1n) is 10.6. The lowest BCUT2D eigenvalue weighted by Crippen LogP contribution is -2.38. The minimum atomic E-state index is -0.0887. The second kappa shape index (κ2) is 8.65. The predicted molar refractivity (Wildman–Crippen MR) is 125 cm³/mol. The molecule has 2 heterocycles. The maximum atomic E-state index is 12.8. The molecule has 1 saturated heterocycles. The zero-order valence-electron chi connectivity index (χ0n) is 18.3. The molecule has 0 saturated carbocycles. The Balaban J connectivity index is 1.54. The van der Waals surface area contributed by atoms with E-state index in [9.17, 15) is 10.1 Å². The van der Waals surface area contributed by atoms with Gasteiger partial charge in [0.15, 0.2) is 0 Å². The van der Waals surface area contributed by atoms with Gasteiger partial charge in [-0.1, -0.05) is 18.2 Å². The molecule has 1 fully saturated rings. The molecule has 6 heteroatoms. The third-order valence-electron chi connectivity index (χ3n) is 6.00. The summed E-state index contributed by atoms with van der Waals surface area (Å²) in [6, 6.07) is 16.1. The SMILES string of the molecule is Cc1cc2cc(C#N)c(N3CCCN(C(=O)Nc4ccccc4C)CC3)nc2cc1C. The molecule has 31 heavy (non-hydrogen) atoms. The number of nitrogens with one attached hydrogen (secondary N) is 1. The van der Waals surface area contributed by atoms with Crippen LogP contribution in [0.2, 0.25) is 0 Å². The smallest absolute Gasteiger partial charge is 0.321 e. The van der Waals surface area contributed by atoms with Gasteiger partial charge in [0.05, 0.1) is 11.1 Å². The lowest BCUT2D eigenvalue weighted by Gasteiger charge is -2.24. The number of hydrogen-bond donors (Lipinski definition) is 1. The molecule has 158 valence electrons. The number of para-hydroxylation sites is 1. The van der Waals surface area contributed by atoms with Crippen LogP contribution in [-0.2, 0) is 0 Å². The Bertz CT molecular complexity index is 1180. The predicted octanol–water partition coefficient (Wildman–Crippen LogP) is 4.78. The summed E-state index contributed by atoms with van der Waals surface area (Å²) in [7, 11) is 0. The number of carbonyl (C=O) groups excluding carboxylic acids is 1. The Morgan fingerprint density at radius 3 is 2.55 bits per heavy atom. The quantitative estimate of drug-likeness (QED) is 0.656. The van der Waals surface area contributed by atoms with E-state index in [-0.39, 0.29) is 6.03 Å². The van der Waals surface area contributed by atoms with Crippen LogP contribution in [0.1, 0.15) is 28.7 Å². The van der Waals surface area contributed by atoms with Crippen molar-refractivity contribution in [3.8, 4) is 6.07 Å². The summed E-state index contributed by atoms with van der Waals surface area (Å²) in [5, 5.41) is 13.7. The number of fused-ring (bicyclic) bond motifs is 1. The highest BCUT2D eigenvalue weighted by Gasteiger charge is 2.22. The fourth-order valence-corrected chi connectivity index (χ4v) is 3.99. The van der Waals surface area contributed by atoms with Crippen molar-refractivity contribution < 1.29 is 4.79 Å². The molecule has 3 aromatic rings. The van der Waals surface area contributed by atoms with Crippen molar-refractivity contribution in [3.63, 3.8) is 0 Å². The molecule has 0 radical (unpaired) electrons. The Labute approximate surface area is 183 Å². The van der Waals surface area contributed by atoms with Crippen molar-refractivity contribution in [1.82, 2.24) is 9.88 Å². The first-order valence-corrected chi connectivity index (χ1v) is 10.6. The molecule has 1 aliphatic rings. The largest absolute Gasteiger partial charge is 0.354 e. The van der Waals surface area contributed by atoms with Gasteiger partial charge in [-0.3, -0.25) is 0 Å². The molecule has 2 amide bonds. The van der Waals surface area contributed by atoms with Crippen LogP contribution in [-0.4, -0.2) is 42.1 Å². The van der Waals surface area contributed by atoms with Gasteiger partial charge in [-0.25, -0.2) is 9.78 Å². The van der Waals surface area contributed by atoms with Crippen LogP contribution >= 0.6 is 0 Å². The van der Waals surface area contributed by atoms with Crippen molar-refractivity contribution >= 4 is 28.4 Å². The molecule has 0 unspecified atom stereocenters. The van der Waals surface area contributed by atoms with Crippen molar-refractivity contribution in [2.45, 2.75) is 27.2 Å². The number of aromatic nitrogens is 1. The number of nitriles is 1. The van der Waals surface area contributed by atoms with Crippen LogP contribution in [0.5, 0.6) is 0 Å². The standard InChI is InChI=1S/C25H27N5O/c1-17-7-4-5-8-22(17)28-25(31)30-10-6-9-29(11-12-30)24-21(16-26)15-20-13-18(2)19(3)14-23(20)27-24/h4-5,7-8,13-15H,6,9-12H2,1-3H3,(H,28,31). The van der Waals surface area contributed by atoms with Crippen LogP contribution in [0.4, 0.5) is 16.3 Å². The van der Waals surface area contributed by atoms with Crippen LogP contribution in [0.25, 0.3) is 10.9 Å². The zero-order chi connectivity index (χ0) is 22.0. The molecule has 1 N–H and O–H groups in total. The molecule has 0 bridgehead atoms. The molecule has 4 rings (SSSR count). The van der Waals surface area contributed by atoms with Gasteiger partial charge in [-0.05, 0) is 68.1 Å². The summed E-state index contributed by atoms with van der Waals surface area (Å²) in [6.45, 7) is 8.77. The topological polar surface area (TPSA) is 72.3 Å². The van der Waals surface area contributed by atoms with Gasteiger partial charge in [0.25, 0.3) is 0 Å². The van der Waals surface area contributed by atoms with Gasteiger partial charge < -0.3 is 15.1 Å². The number of benzene rings is 2. The summed E-state index contributed by atoms with van der Waals surface area (Å²) in [4.78, 5) is 21.6. The normalized spacial score (nSPS) is 14.3. The van der Waals surface area contributed by atoms with E-state index >= 15 is 0 Å². The fraction of sp³-hybridized carbons (Fsp3) is 0.320. The summed E-state index contributed by atoms with van der Waals surface area (Å²) in [5.74, 6) is 0.708. The van der Waals surface area contributed by atoms with E-state index < -0.39 is 0 Å². The van der Waals surface area contributed by atoms with E-state index in [0.717, 1.165) is 35.1 Å². The number of anilines is 2. The Morgan fingerprint density at radius 1 is 1.00 bits per heavy atom. The molecule has 1 aliphatic heterocycles. The van der Waals surface area contributed by atoms with Crippen LogP contribution in [0, 0.1) is 32.1 Å². The van der Waals surface area contributed by atoms with E-state index in [4.69, 9.17) is 4.98 Å². The molecular formula is C25H27N5O. The average molecular weight is 414 g/mol. The molecule has 2 aromatic carbocycles. The van der Waals surface area contributed by atoms with Crippen LogP contribution in [0.3, 0.4) is 0 Å². The van der Waals surface area contributed by atoms with E-state index in [1.54, 1.807) is 0 Å². The molecule has 0 atom stereocenters. The second-order valence-corrected chi connectivity index (χ2v) is 8.17. The van der Waals surface area contributed by atoms with Crippen molar-refractivity contribution in [2.75, 3.05) is 36.4 Å². The molecule has 0 aliphatic carbocycles. The van der Waals surface area contributed by atoms with Gasteiger partial charge in [0.2, 0.25) is 0 Å². The van der Waals surface area contributed by atoms with Crippen molar-refractivity contribution in [2.24, 2.45) is 0 Å². The second-order valence-electron chi connectivity index (χ2n) is 8.17. The summed E-state index contributed by atoms with van der Waals surface area (Å²) < 4.78 is 0. The maximum absolute atomic E-state index is 12.8. The van der Waals surface area contributed by atoms with E-state index in [1.807, 2.05) is 42.2 Å². The monoisotopic (exact) mass is 413 g/mol. The summed E-state index contributed by atoms with van der Waals surface area (Å²) in [5.41, 5.74) is 5.73. The minimum absolute atomic E-state index is 0.0887.